The lowest BCUT2D eigenvalue weighted by molar-refractivity contribution is -0.116. The minimum absolute atomic E-state index is 0.00530. The third-order valence-corrected chi connectivity index (χ3v) is 3.32. The van der Waals surface area contributed by atoms with Crippen LogP contribution in [-0.2, 0) is 4.79 Å². The van der Waals surface area contributed by atoms with E-state index in [1.165, 1.54) is 0 Å². The fraction of sp³-hybridized carbons (Fsp3) is 0.500. The number of hydrogen-bond donors (Lipinski definition) is 2. The van der Waals surface area contributed by atoms with Gasteiger partial charge in [0.05, 0.1) is 0 Å². The van der Waals surface area contributed by atoms with E-state index in [1.807, 2.05) is 19.1 Å². The van der Waals surface area contributed by atoms with Crippen LogP contribution < -0.4 is 10.6 Å². The molecule has 0 heterocycles. The van der Waals surface area contributed by atoms with E-state index in [0.29, 0.717) is 24.0 Å². The Kier molecular flexibility index (Phi) is 6.16. The molecule has 0 spiro atoms. The second-order valence-electron chi connectivity index (χ2n) is 4.53. The van der Waals surface area contributed by atoms with Gasteiger partial charge in [0, 0.05) is 29.7 Å². The molecule has 0 fully saturated rings. The van der Waals surface area contributed by atoms with Gasteiger partial charge in [-0.2, -0.15) is 0 Å². The van der Waals surface area contributed by atoms with Crippen molar-refractivity contribution in [2.45, 2.75) is 39.7 Å². The van der Waals surface area contributed by atoms with Crippen molar-refractivity contribution in [3.05, 3.63) is 28.8 Å². The van der Waals surface area contributed by atoms with Crippen LogP contribution in [0.5, 0.6) is 0 Å². The second-order valence-corrected chi connectivity index (χ2v) is 4.93. The van der Waals surface area contributed by atoms with Crippen molar-refractivity contribution in [1.29, 1.82) is 0 Å². The van der Waals surface area contributed by atoms with Crippen LogP contribution in [-0.4, -0.2) is 18.5 Å². The zero-order valence-electron chi connectivity index (χ0n) is 11.2. The van der Waals surface area contributed by atoms with Crippen LogP contribution in [0.2, 0.25) is 5.02 Å². The van der Waals surface area contributed by atoms with Crippen molar-refractivity contribution in [2.24, 2.45) is 0 Å². The smallest absolute Gasteiger partial charge is 0.225 e. The molecule has 2 N–H and O–H groups in total. The molecule has 0 saturated heterocycles. The van der Waals surface area contributed by atoms with Crippen molar-refractivity contribution in [1.82, 2.24) is 5.32 Å². The van der Waals surface area contributed by atoms with E-state index in [2.05, 4.69) is 24.5 Å². The molecule has 1 aromatic carbocycles. The largest absolute Gasteiger partial charge is 0.326 e. The van der Waals surface area contributed by atoms with Gasteiger partial charge in [0.25, 0.3) is 0 Å². The third-order valence-electron chi connectivity index (χ3n) is 2.91. The molecule has 1 atom stereocenters. The summed E-state index contributed by atoms with van der Waals surface area (Å²) in [5.74, 6) is 0.00530. The summed E-state index contributed by atoms with van der Waals surface area (Å²) in [5.41, 5.74) is 1.76. The quantitative estimate of drug-likeness (QED) is 0.831. The van der Waals surface area contributed by atoms with E-state index in [9.17, 15) is 4.79 Å². The Morgan fingerprint density at radius 3 is 2.78 bits per heavy atom. The molecule has 0 aliphatic carbocycles. The van der Waals surface area contributed by atoms with Crippen molar-refractivity contribution in [3.8, 4) is 0 Å². The fourth-order valence-electron chi connectivity index (χ4n) is 1.47. The average molecular weight is 269 g/mol. The normalized spacial score (nSPS) is 12.2. The van der Waals surface area contributed by atoms with E-state index in [4.69, 9.17) is 11.6 Å². The lowest BCUT2D eigenvalue weighted by Crippen LogP contribution is -2.28. The summed E-state index contributed by atoms with van der Waals surface area (Å²) in [5, 5.41) is 6.79. The molecule has 1 amide bonds. The third kappa shape index (κ3) is 5.07. The van der Waals surface area contributed by atoms with Crippen molar-refractivity contribution in [3.63, 3.8) is 0 Å². The number of hydrogen-bond acceptors (Lipinski definition) is 2. The molecule has 0 saturated carbocycles. The maximum absolute atomic E-state index is 11.7. The van der Waals surface area contributed by atoms with Crippen LogP contribution >= 0.6 is 11.6 Å². The second kappa shape index (κ2) is 7.39. The van der Waals surface area contributed by atoms with Gasteiger partial charge in [-0.25, -0.2) is 0 Å². The summed E-state index contributed by atoms with van der Waals surface area (Å²) in [6.07, 6.45) is 1.53. The molecule has 3 nitrogen and oxygen atoms in total. The molecule has 4 heteroatoms. The molecule has 0 aromatic heterocycles. The Hall–Kier alpha value is -1.06. The number of halogens is 1. The summed E-state index contributed by atoms with van der Waals surface area (Å²) < 4.78 is 0. The Balaban J connectivity index is 2.38. The zero-order chi connectivity index (χ0) is 13.5. The predicted octanol–water partition coefficient (Wildman–Crippen LogP) is 3.37. The minimum Gasteiger partial charge on any atom is -0.326 e. The van der Waals surface area contributed by atoms with Gasteiger partial charge in [0.1, 0.15) is 0 Å². The molecule has 0 aliphatic rings. The van der Waals surface area contributed by atoms with Gasteiger partial charge in [-0.15, -0.1) is 0 Å². The highest BCUT2D eigenvalue weighted by Gasteiger charge is 2.04. The SMILES string of the molecule is CCC(C)NCCC(=O)Nc1ccc(C)c(Cl)c1. The summed E-state index contributed by atoms with van der Waals surface area (Å²) in [4.78, 5) is 11.7. The lowest BCUT2D eigenvalue weighted by atomic mass is 10.2. The van der Waals surface area contributed by atoms with Gasteiger partial charge in [-0.1, -0.05) is 24.6 Å². The first kappa shape index (κ1) is 15.0. The number of carbonyl (C=O) groups is 1. The monoisotopic (exact) mass is 268 g/mol. The van der Waals surface area contributed by atoms with Crippen LogP contribution in [0.4, 0.5) is 5.69 Å². The van der Waals surface area contributed by atoms with Gasteiger partial charge in [0.2, 0.25) is 5.91 Å². The van der Waals surface area contributed by atoms with Gasteiger partial charge in [-0.3, -0.25) is 4.79 Å². The van der Waals surface area contributed by atoms with Gasteiger partial charge in [-0.05, 0) is 38.0 Å². The number of anilines is 1. The molecule has 0 aliphatic heterocycles. The Morgan fingerprint density at radius 1 is 1.44 bits per heavy atom. The summed E-state index contributed by atoms with van der Waals surface area (Å²) in [7, 11) is 0. The number of rotatable bonds is 6. The van der Waals surface area contributed by atoms with Crippen molar-refractivity contribution in [2.75, 3.05) is 11.9 Å². The lowest BCUT2D eigenvalue weighted by Gasteiger charge is -2.11. The maximum Gasteiger partial charge on any atom is 0.225 e. The van der Waals surface area contributed by atoms with Gasteiger partial charge in [0.15, 0.2) is 0 Å². The van der Waals surface area contributed by atoms with E-state index >= 15 is 0 Å². The number of benzene rings is 1. The van der Waals surface area contributed by atoms with Crippen LogP contribution in [0.15, 0.2) is 18.2 Å². The zero-order valence-corrected chi connectivity index (χ0v) is 12.0. The molecule has 100 valence electrons. The number of amides is 1. The Labute approximate surface area is 114 Å². The van der Waals surface area contributed by atoms with Crippen LogP contribution in [0.25, 0.3) is 0 Å². The molecule has 1 aromatic rings. The van der Waals surface area contributed by atoms with E-state index in [-0.39, 0.29) is 5.91 Å². The summed E-state index contributed by atoms with van der Waals surface area (Å²) in [6.45, 7) is 6.86. The first-order valence-corrected chi connectivity index (χ1v) is 6.70. The van der Waals surface area contributed by atoms with Crippen LogP contribution in [0.1, 0.15) is 32.3 Å². The summed E-state index contributed by atoms with van der Waals surface area (Å²) >= 11 is 6.00. The highest BCUT2D eigenvalue weighted by Crippen LogP contribution is 2.19. The standard InChI is InChI=1S/C14H21ClN2O/c1-4-11(3)16-8-7-14(18)17-12-6-5-10(2)13(15)9-12/h5-6,9,11,16H,4,7-8H2,1-3H3,(H,17,18). The predicted molar refractivity (Wildman–Crippen MR) is 77.2 cm³/mol. The minimum atomic E-state index is 0.00530. The Morgan fingerprint density at radius 2 is 2.17 bits per heavy atom. The van der Waals surface area contributed by atoms with Crippen LogP contribution in [0, 0.1) is 6.92 Å². The maximum atomic E-state index is 11.7. The summed E-state index contributed by atoms with van der Waals surface area (Å²) in [6, 6.07) is 5.99. The first-order valence-electron chi connectivity index (χ1n) is 6.32. The van der Waals surface area contributed by atoms with Crippen LogP contribution in [0.3, 0.4) is 0 Å². The molecule has 0 radical (unpaired) electrons. The van der Waals surface area contributed by atoms with E-state index < -0.39 is 0 Å². The average Bonchev–Trinajstić information content (AvgIpc) is 2.33. The molecule has 18 heavy (non-hydrogen) atoms. The van der Waals surface area contributed by atoms with Gasteiger partial charge >= 0.3 is 0 Å². The number of carbonyl (C=O) groups excluding carboxylic acids is 1. The number of nitrogens with one attached hydrogen (secondary N) is 2. The van der Waals surface area contributed by atoms with Crippen molar-refractivity contribution >= 4 is 23.2 Å². The Bertz CT molecular complexity index is 407. The highest BCUT2D eigenvalue weighted by molar-refractivity contribution is 6.31. The highest BCUT2D eigenvalue weighted by atomic mass is 35.5. The van der Waals surface area contributed by atoms with E-state index in [1.54, 1.807) is 6.07 Å². The van der Waals surface area contributed by atoms with Crippen molar-refractivity contribution < 1.29 is 4.79 Å². The molecule has 1 unspecified atom stereocenters. The number of aryl methyl sites for hydroxylation is 1. The molecule has 1 rings (SSSR count). The molecular formula is C14H21ClN2O. The topological polar surface area (TPSA) is 41.1 Å². The molecule has 0 bridgehead atoms. The van der Waals surface area contributed by atoms with Gasteiger partial charge < -0.3 is 10.6 Å². The fourth-order valence-corrected chi connectivity index (χ4v) is 1.65. The first-order chi connectivity index (χ1) is 8.52. The van der Waals surface area contributed by atoms with E-state index in [0.717, 1.165) is 17.7 Å². The molecular weight excluding hydrogens is 248 g/mol.